The van der Waals surface area contributed by atoms with Crippen LogP contribution in [0.2, 0.25) is 0 Å². The van der Waals surface area contributed by atoms with Gasteiger partial charge in [-0.1, -0.05) is 18.2 Å². The van der Waals surface area contributed by atoms with Crippen LogP contribution in [-0.4, -0.2) is 21.0 Å². The number of primary amides is 1. The summed E-state index contributed by atoms with van der Waals surface area (Å²) in [6.45, 7) is 0.814. The molecule has 0 saturated carbocycles. The molecule has 2 amide bonds. The zero-order valence-electron chi connectivity index (χ0n) is 13.3. The van der Waals surface area contributed by atoms with E-state index < -0.39 is 22.0 Å². The first kappa shape index (κ1) is 17.4. The number of benzene rings is 2. The highest BCUT2D eigenvalue weighted by Crippen LogP contribution is 2.27. The molecule has 0 aromatic heterocycles. The van der Waals surface area contributed by atoms with Gasteiger partial charge in [-0.05, 0) is 41.0 Å². The smallest absolute Gasteiger partial charge is 0.316 e. The number of rotatable bonds is 4. The molecule has 2 aromatic rings. The lowest BCUT2D eigenvalue weighted by Crippen LogP contribution is -2.26. The zero-order valence-corrected chi connectivity index (χ0v) is 14.1. The van der Waals surface area contributed by atoms with Gasteiger partial charge in [-0.15, -0.1) is 0 Å². The van der Waals surface area contributed by atoms with Gasteiger partial charge in [0.05, 0.1) is 10.6 Å². The second kappa shape index (κ2) is 6.81. The van der Waals surface area contributed by atoms with Crippen molar-refractivity contribution in [3.8, 4) is 0 Å². The summed E-state index contributed by atoms with van der Waals surface area (Å²) in [5.74, 6) is -0.219. The summed E-state index contributed by atoms with van der Waals surface area (Å²) in [5.41, 5.74) is 7.37. The van der Waals surface area contributed by atoms with Crippen LogP contribution in [0.3, 0.4) is 0 Å². The van der Waals surface area contributed by atoms with Gasteiger partial charge in [0, 0.05) is 18.8 Å². The van der Waals surface area contributed by atoms with Gasteiger partial charge in [0.2, 0.25) is 0 Å². The third-order valence-corrected chi connectivity index (χ3v) is 5.73. The molecule has 1 aliphatic rings. The van der Waals surface area contributed by atoms with Crippen molar-refractivity contribution in [2.45, 2.75) is 23.4 Å². The first-order valence-electron chi connectivity index (χ1n) is 7.71. The normalized spacial score (nSPS) is 16.9. The topological polar surface area (TPSA) is 101 Å². The van der Waals surface area contributed by atoms with Crippen molar-refractivity contribution < 1.29 is 17.6 Å². The summed E-state index contributed by atoms with van der Waals surface area (Å²) < 4.78 is 39.1. The lowest BCUT2D eigenvalue weighted by molar-refractivity contribution is 0.259. The molecule has 1 heterocycles. The molecular formula is C17H18FN3O3S. The lowest BCUT2D eigenvalue weighted by atomic mass is 9.98. The van der Waals surface area contributed by atoms with Gasteiger partial charge < -0.3 is 16.4 Å². The minimum atomic E-state index is -3.58. The Balaban J connectivity index is 1.82. The largest absolute Gasteiger partial charge is 0.351 e. The SMILES string of the molecule is NC(=O)Nc1ccc(S(=O)(=O)Cc2ccc3c(c2)C(F)CNC3)cc1. The summed E-state index contributed by atoms with van der Waals surface area (Å²) >= 11 is 0. The quantitative estimate of drug-likeness (QED) is 0.775. The van der Waals surface area contributed by atoms with Gasteiger partial charge >= 0.3 is 6.03 Å². The van der Waals surface area contributed by atoms with Crippen LogP contribution in [0, 0.1) is 0 Å². The molecule has 1 aliphatic heterocycles. The number of nitrogens with one attached hydrogen (secondary N) is 2. The average Bonchev–Trinajstić information content (AvgIpc) is 2.55. The van der Waals surface area contributed by atoms with Gasteiger partial charge in [-0.2, -0.15) is 0 Å². The maximum atomic E-state index is 14.0. The van der Waals surface area contributed by atoms with E-state index in [1.807, 2.05) is 0 Å². The molecule has 0 fully saturated rings. The number of amides is 2. The number of hydrogen-bond acceptors (Lipinski definition) is 4. The Morgan fingerprint density at radius 1 is 1.24 bits per heavy atom. The summed E-state index contributed by atoms with van der Waals surface area (Å²) in [7, 11) is -3.58. The molecule has 0 saturated heterocycles. The van der Waals surface area contributed by atoms with Crippen LogP contribution in [0.4, 0.5) is 14.9 Å². The van der Waals surface area contributed by atoms with Crippen molar-refractivity contribution in [2.75, 3.05) is 11.9 Å². The van der Waals surface area contributed by atoms with Crippen LogP contribution in [0.25, 0.3) is 0 Å². The van der Waals surface area contributed by atoms with Crippen molar-refractivity contribution in [2.24, 2.45) is 5.73 Å². The predicted molar refractivity (Wildman–Crippen MR) is 92.5 cm³/mol. The fraction of sp³-hybridized carbons (Fsp3) is 0.235. The van der Waals surface area contributed by atoms with Gasteiger partial charge in [-0.25, -0.2) is 17.6 Å². The summed E-state index contributed by atoms with van der Waals surface area (Å²) in [6, 6.07) is 10.1. The number of halogens is 1. The highest BCUT2D eigenvalue weighted by atomic mass is 32.2. The number of carbonyl (C=O) groups is 1. The number of carbonyl (C=O) groups excluding carboxylic acids is 1. The number of nitrogens with two attached hydrogens (primary N) is 1. The van der Waals surface area contributed by atoms with Crippen molar-refractivity contribution >= 4 is 21.6 Å². The van der Waals surface area contributed by atoms with Gasteiger partial charge in [0.25, 0.3) is 0 Å². The number of alkyl halides is 1. The summed E-state index contributed by atoms with van der Waals surface area (Å²) in [4.78, 5) is 10.9. The number of anilines is 1. The standard InChI is InChI=1S/C17H18FN3O3S/c18-16-9-20-8-12-2-1-11(7-15(12)16)10-25(23,24)14-5-3-13(4-6-14)21-17(19)22/h1-7,16,20H,8-10H2,(H3,19,21,22). The Morgan fingerprint density at radius 2 is 1.96 bits per heavy atom. The van der Waals surface area contributed by atoms with Gasteiger partial charge in [-0.3, -0.25) is 0 Å². The Morgan fingerprint density at radius 3 is 2.64 bits per heavy atom. The van der Waals surface area contributed by atoms with Crippen LogP contribution in [0.15, 0.2) is 47.4 Å². The van der Waals surface area contributed by atoms with Gasteiger partial charge in [0.1, 0.15) is 6.17 Å². The molecule has 2 aromatic carbocycles. The highest BCUT2D eigenvalue weighted by Gasteiger charge is 2.21. The van der Waals surface area contributed by atoms with E-state index in [-0.39, 0.29) is 17.2 Å². The molecule has 1 atom stereocenters. The summed E-state index contributed by atoms with van der Waals surface area (Å²) in [5, 5.41) is 5.34. The van der Waals surface area contributed by atoms with E-state index in [0.29, 0.717) is 23.4 Å². The molecule has 0 spiro atoms. The molecular weight excluding hydrogens is 345 g/mol. The Labute approximate surface area is 145 Å². The van der Waals surface area contributed by atoms with E-state index in [4.69, 9.17) is 5.73 Å². The zero-order chi connectivity index (χ0) is 18.0. The number of sulfone groups is 1. The fourth-order valence-corrected chi connectivity index (χ4v) is 4.16. The fourth-order valence-electron chi connectivity index (χ4n) is 2.82. The third kappa shape index (κ3) is 3.97. The van der Waals surface area contributed by atoms with Crippen molar-refractivity contribution in [1.29, 1.82) is 0 Å². The van der Waals surface area contributed by atoms with Crippen LogP contribution < -0.4 is 16.4 Å². The van der Waals surface area contributed by atoms with E-state index in [1.54, 1.807) is 18.2 Å². The second-order valence-electron chi connectivity index (χ2n) is 5.90. The van der Waals surface area contributed by atoms with Crippen molar-refractivity contribution in [3.05, 3.63) is 59.2 Å². The van der Waals surface area contributed by atoms with Crippen LogP contribution in [0.5, 0.6) is 0 Å². The first-order chi connectivity index (χ1) is 11.8. The molecule has 0 bridgehead atoms. The van der Waals surface area contributed by atoms with Crippen LogP contribution in [-0.2, 0) is 22.1 Å². The maximum absolute atomic E-state index is 14.0. The Bertz CT molecular complexity index is 898. The lowest BCUT2D eigenvalue weighted by Gasteiger charge is -2.21. The van der Waals surface area contributed by atoms with Crippen LogP contribution in [0.1, 0.15) is 22.9 Å². The number of hydrogen-bond donors (Lipinski definition) is 3. The number of urea groups is 1. The number of fused-ring (bicyclic) bond motifs is 1. The molecule has 0 aliphatic carbocycles. The molecule has 0 radical (unpaired) electrons. The first-order valence-corrected chi connectivity index (χ1v) is 9.36. The molecule has 25 heavy (non-hydrogen) atoms. The second-order valence-corrected chi connectivity index (χ2v) is 7.89. The molecule has 8 heteroatoms. The van der Waals surface area contributed by atoms with E-state index >= 15 is 0 Å². The monoisotopic (exact) mass is 363 g/mol. The third-order valence-electron chi connectivity index (χ3n) is 4.02. The molecule has 3 rings (SSSR count). The van der Waals surface area contributed by atoms with E-state index in [9.17, 15) is 17.6 Å². The van der Waals surface area contributed by atoms with Crippen LogP contribution >= 0.6 is 0 Å². The van der Waals surface area contributed by atoms with E-state index in [0.717, 1.165) is 5.56 Å². The molecule has 1 unspecified atom stereocenters. The van der Waals surface area contributed by atoms with E-state index in [1.165, 1.54) is 24.3 Å². The Kier molecular flexibility index (Phi) is 4.73. The Hall–Kier alpha value is -2.45. The maximum Gasteiger partial charge on any atom is 0.316 e. The minimum absolute atomic E-state index is 0.124. The predicted octanol–water partition coefficient (Wildman–Crippen LogP) is 2.26. The molecule has 4 N–H and O–H groups in total. The summed E-state index contributed by atoms with van der Waals surface area (Å²) in [6.07, 6.45) is -1.13. The average molecular weight is 363 g/mol. The minimum Gasteiger partial charge on any atom is -0.351 e. The molecule has 6 nitrogen and oxygen atoms in total. The van der Waals surface area contributed by atoms with Crippen molar-refractivity contribution in [3.63, 3.8) is 0 Å². The van der Waals surface area contributed by atoms with Gasteiger partial charge in [0.15, 0.2) is 9.84 Å². The highest BCUT2D eigenvalue weighted by molar-refractivity contribution is 7.90. The van der Waals surface area contributed by atoms with Crippen molar-refractivity contribution in [1.82, 2.24) is 5.32 Å². The molecule has 132 valence electrons. The van der Waals surface area contributed by atoms with E-state index in [2.05, 4.69) is 10.6 Å².